The van der Waals surface area contributed by atoms with E-state index in [9.17, 15) is 9.50 Å². The number of rotatable bonds is 10. The number of aromatic nitrogens is 1. The second-order valence-electron chi connectivity index (χ2n) is 7.97. The standard InChI is InChI=1S/C22H31FN4O3/c1-26(2)10-11-30-19-6-4-17(12-20(19)29-3)13-24-15-22(28)8-9-27(16-22)21-7-5-18(23)14-25-21/h4-7,12,14,24,28H,8-11,13,15-16H2,1-3H3/t22-/m0/s1. The molecule has 7 nitrogen and oxygen atoms in total. The summed E-state index contributed by atoms with van der Waals surface area (Å²) < 4.78 is 24.3. The van der Waals surface area contributed by atoms with Crippen molar-refractivity contribution in [3.05, 3.63) is 47.9 Å². The molecular formula is C22H31FN4O3. The van der Waals surface area contributed by atoms with Gasteiger partial charge in [-0.25, -0.2) is 9.37 Å². The number of β-amino-alcohol motifs (C(OH)–C–C–N with tert-alkyl or cyclic N) is 1. The van der Waals surface area contributed by atoms with Crippen molar-refractivity contribution in [3.8, 4) is 11.5 Å². The third-order valence-corrected chi connectivity index (χ3v) is 5.18. The molecule has 1 aliphatic heterocycles. The molecule has 0 amide bonds. The van der Waals surface area contributed by atoms with Crippen LogP contribution in [0.5, 0.6) is 11.5 Å². The summed E-state index contributed by atoms with van der Waals surface area (Å²) in [7, 11) is 5.64. The molecule has 1 saturated heterocycles. The topological polar surface area (TPSA) is 70.1 Å². The SMILES string of the molecule is COc1cc(CNC[C@@]2(O)CCN(c3ccc(F)cn3)C2)ccc1OCCN(C)C. The quantitative estimate of drug-likeness (QED) is 0.611. The van der Waals surface area contributed by atoms with E-state index in [1.165, 1.54) is 12.3 Å². The van der Waals surface area contributed by atoms with E-state index in [2.05, 4.69) is 15.2 Å². The molecule has 2 heterocycles. The average molecular weight is 419 g/mol. The van der Waals surface area contributed by atoms with Crippen molar-refractivity contribution >= 4 is 5.82 Å². The Balaban J connectivity index is 1.50. The molecule has 2 N–H and O–H groups in total. The molecule has 0 radical (unpaired) electrons. The first-order chi connectivity index (χ1) is 14.4. The molecule has 1 fully saturated rings. The van der Waals surface area contributed by atoms with E-state index in [-0.39, 0.29) is 5.82 Å². The molecule has 0 aliphatic carbocycles. The second-order valence-corrected chi connectivity index (χ2v) is 7.97. The van der Waals surface area contributed by atoms with Crippen LogP contribution < -0.4 is 19.7 Å². The molecule has 1 atom stereocenters. The highest BCUT2D eigenvalue weighted by molar-refractivity contribution is 5.43. The summed E-state index contributed by atoms with van der Waals surface area (Å²) in [4.78, 5) is 8.14. The Morgan fingerprint density at radius 2 is 2.10 bits per heavy atom. The third-order valence-electron chi connectivity index (χ3n) is 5.18. The van der Waals surface area contributed by atoms with Gasteiger partial charge in [0.05, 0.1) is 18.9 Å². The highest BCUT2D eigenvalue weighted by Gasteiger charge is 2.36. The molecule has 2 aromatic rings. The Morgan fingerprint density at radius 3 is 2.80 bits per heavy atom. The van der Waals surface area contributed by atoms with Crippen molar-refractivity contribution < 1.29 is 19.0 Å². The smallest absolute Gasteiger partial charge is 0.161 e. The molecule has 0 spiro atoms. The molecule has 1 aromatic heterocycles. The van der Waals surface area contributed by atoms with Crippen molar-refractivity contribution in [1.29, 1.82) is 0 Å². The summed E-state index contributed by atoms with van der Waals surface area (Å²) in [5.41, 5.74) is 0.195. The fourth-order valence-electron chi connectivity index (χ4n) is 3.47. The number of benzene rings is 1. The van der Waals surface area contributed by atoms with Gasteiger partial charge in [0.25, 0.3) is 0 Å². The monoisotopic (exact) mass is 418 g/mol. The summed E-state index contributed by atoms with van der Waals surface area (Å²) in [6, 6.07) is 8.89. The normalized spacial score (nSPS) is 18.8. The minimum Gasteiger partial charge on any atom is -0.493 e. The van der Waals surface area contributed by atoms with Gasteiger partial charge in [-0.1, -0.05) is 6.07 Å². The van der Waals surface area contributed by atoms with Crippen LogP contribution in [0.4, 0.5) is 10.2 Å². The van der Waals surface area contributed by atoms with E-state index in [1.807, 2.05) is 37.2 Å². The number of pyridine rings is 1. The van der Waals surface area contributed by atoms with Gasteiger partial charge in [-0.3, -0.25) is 0 Å². The van der Waals surface area contributed by atoms with Gasteiger partial charge in [0.1, 0.15) is 18.2 Å². The summed E-state index contributed by atoms with van der Waals surface area (Å²) in [6.07, 6.45) is 1.83. The first-order valence-corrected chi connectivity index (χ1v) is 10.1. The lowest BCUT2D eigenvalue weighted by Gasteiger charge is -2.24. The van der Waals surface area contributed by atoms with Gasteiger partial charge in [0.15, 0.2) is 11.5 Å². The van der Waals surface area contributed by atoms with Gasteiger partial charge < -0.3 is 29.7 Å². The fourth-order valence-corrected chi connectivity index (χ4v) is 3.47. The van der Waals surface area contributed by atoms with Crippen LogP contribution in [-0.2, 0) is 6.54 Å². The Kier molecular flexibility index (Phi) is 7.47. The van der Waals surface area contributed by atoms with Crippen LogP contribution in [-0.4, -0.2) is 74.6 Å². The van der Waals surface area contributed by atoms with E-state index in [1.54, 1.807) is 13.2 Å². The summed E-state index contributed by atoms with van der Waals surface area (Å²) in [6.45, 7) is 3.62. The Morgan fingerprint density at radius 1 is 1.27 bits per heavy atom. The molecule has 0 bridgehead atoms. The molecular weight excluding hydrogens is 387 g/mol. The van der Waals surface area contributed by atoms with Crippen molar-refractivity contribution in [2.45, 2.75) is 18.6 Å². The van der Waals surface area contributed by atoms with Crippen LogP contribution in [0.15, 0.2) is 36.5 Å². The summed E-state index contributed by atoms with van der Waals surface area (Å²) >= 11 is 0. The fraction of sp³-hybridized carbons (Fsp3) is 0.500. The second kappa shape index (κ2) is 10.1. The van der Waals surface area contributed by atoms with Gasteiger partial charge in [0, 0.05) is 32.7 Å². The van der Waals surface area contributed by atoms with Gasteiger partial charge >= 0.3 is 0 Å². The maximum atomic E-state index is 13.1. The van der Waals surface area contributed by atoms with Crippen molar-refractivity contribution in [3.63, 3.8) is 0 Å². The predicted octanol–water partition coefficient (Wildman–Crippen LogP) is 1.90. The molecule has 30 heavy (non-hydrogen) atoms. The molecule has 0 unspecified atom stereocenters. The zero-order valence-electron chi connectivity index (χ0n) is 17.9. The number of nitrogens with zero attached hydrogens (tertiary/aromatic N) is 3. The van der Waals surface area contributed by atoms with Crippen LogP contribution in [0, 0.1) is 5.82 Å². The first kappa shape index (κ1) is 22.3. The number of methoxy groups -OCH3 is 1. The van der Waals surface area contributed by atoms with Crippen molar-refractivity contribution in [2.75, 3.05) is 58.9 Å². The largest absolute Gasteiger partial charge is 0.493 e. The maximum absolute atomic E-state index is 13.1. The molecule has 1 aromatic carbocycles. The van der Waals surface area contributed by atoms with Crippen LogP contribution >= 0.6 is 0 Å². The van der Waals surface area contributed by atoms with Crippen molar-refractivity contribution in [2.24, 2.45) is 0 Å². The molecule has 0 saturated carbocycles. The van der Waals surface area contributed by atoms with E-state index in [0.29, 0.717) is 50.8 Å². The Bertz CT molecular complexity index is 819. The number of nitrogens with one attached hydrogen (secondary N) is 1. The zero-order chi connectivity index (χ0) is 21.6. The minimum absolute atomic E-state index is 0.362. The number of hydrogen-bond acceptors (Lipinski definition) is 7. The maximum Gasteiger partial charge on any atom is 0.161 e. The van der Waals surface area contributed by atoms with Gasteiger partial charge in [-0.05, 0) is 50.3 Å². The third kappa shape index (κ3) is 6.04. The van der Waals surface area contributed by atoms with E-state index in [0.717, 1.165) is 17.9 Å². The van der Waals surface area contributed by atoms with Crippen LogP contribution in [0.3, 0.4) is 0 Å². The van der Waals surface area contributed by atoms with E-state index >= 15 is 0 Å². The van der Waals surface area contributed by atoms with Crippen LogP contribution in [0.25, 0.3) is 0 Å². The number of hydrogen-bond donors (Lipinski definition) is 2. The lowest BCUT2D eigenvalue weighted by atomic mass is 10.0. The highest BCUT2D eigenvalue weighted by Crippen LogP contribution is 2.28. The van der Waals surface area contributed by atoms with Gasteiger partial charge in [-0.2, -0.15) is 0 Å². The lowest BCUT2D eigenvalue weighted by molar-refractivity contribution is 0.0626. The Labute approximate surface area is 177 Å². The average Bonchev–Trinajstić information content (AvgIpc) is 3.11. The number of aliphatic hydroxyl groups is 1. The van der Waals surface area contributed by atoms with Gasteiger partial charge in [-0.15, -0.1) is 0 Å². The van der Waals surface area contributed by atoms with E-state index in [4.69, 9.17) is 9.47 Å². The predicted molar refractivity (Wildman–Crippen MR) is 115 cm³/mol. The van der Waals surface area contributed by atoms with Crippen molar-refractivity contribution in [1.82, 2.24) is 15.2 Å². The molecule has 164 valence electrons. The lowest BCUT2D eigenvalue weighted by Crippen LogP contribution is -2.43. The molecule has 1 aliphatic rings. The van der Waals surface area contributed by atoms with Crippen LogP contribution in [0.2, 0.25) is 0 Å². The summed E-state index contributed by atoms with van der Waals surface area (Å²) in [5.74, 6) is 1.74. The number of likely N-dealkylation sites (N-methyl/N-ethyl adjacent to an activating group) is 1. The van der Waals surface area contributed by atoms with Crippen LogP contribution in [0.1, 0.15) is 12.0 Å². The molecule has 8 heteroatoms. The first-order valence-electron chi connectivity index (χ1n) is 10.1. The number of ether oxygens (including phenoxy) is 2. The summed E-state index contributed by atoms with van der Waals surface area (Å²) in [5, 5.41) is 14.2. The van der Waals surface area contributed by atoms with Gasteiger partial charge in [0.2, 0.25) is 0 Å². The number of anilines is 1. The highest BCUT2D eigenvalue weighted by atomic mass is 19.1. The number of halogens is 1. The zero-order valence-corrected chi connectivity index (χ0v) is 17.9. The minimum atomic E-state index is -0.852. The molecule has 3 rings (SSSR count). The van der Waals surface area contributed by atoms with E-state index < -0.39 is 5.60 Å². The Hall–Kier alpha value is -2.42.